The van der Waals surface area contributed by atoms with Gasteiger partial charge in [0.15, 0.2) is 0 Å². The average molecular weight is 274 g/mol. The predicted molar refractivity (Wildman–Crippen MR) is 73.0 cm³/mol. The lowest BCUT2D eigenvalue weighted by Gasteiger charge is -2.05. The molecule has 1 heterocycles. The Morgan fingerprint density at radius 1 is 1.35 bits per heavy atom. The Kier molecular flexibility index (Phi) is 4.14. The van der Waals surface area contributed by atoms with Gasteiger partial charge in [-0.15, -0.1) is 0 Å². The summed E-state index contributed by atoms with van der Waals surface area (Å²) in [6.07, 6.45) is 1.98. The van der Waals surface area contributed by atoms with Gasteiger partial charge in [0.1, 0.15) is 17.1 Å². The summed E-state index contributed by atoms with van der Waals surface area (Å²) in [5, 5.41) is 8.77. The van der Waals surface area contributed by atoms with Gasteiger partial charge in [0.25, 0.3) is 5.56 Å². The number of hydrogen-bond donors (Lipinski definition) is 2. The Morgan fingerprint density at radius 2 is 2.05 bits per heavy atom. The molecule has 104 valence electrons. The van der Waals surface area contributed by atoms with Gasteiger partial charge in [0, 0.05) is 11.8 Å². The number of H-pyrrole nitrogens is 1. The van der Waals surface area contributed by atoms with Gasteiger partial charge >= 0.3 is 5.97 Å². The molecule has 6 heteroatoms. The van der Waals surface area contributed by atoms with Crippen LogP contribution in [0.25, 0.3) is 11.4 Å². The monoisotopic (exact) mass is 274 g/mol. The van der Waals surface area contributed by atoms with Crippen molar-refractivity contribution in [1.82, 2.24) is 9.97 Å². The van der Waals surface area contributed by atoms with Gasteiger partial charge < -0.3 is 14.8 Å². The lowest BCUT2D eigenvalue weighted by atomic mass is 10.2. The molecule has 0 fully saturated rings. The Morgan fingerprint density at radius 3 is 2.60 bits per heavy atom. The van der Waals surface area contributed by atoms with E-state index in [9.17, 15) is 9.59 Å². The fourth-order valence-electron chi connectivity index (χ4n) is 1.62. The number of aromatic carboxylic acids is 1. The standard InChI is InChI=1S/C14H14N2O4/c1-2-7-20-10-5-3-9(4-6-10)12-15-8-11(14(18)19)13(17)16-12/h3-6,8H,2,7H2,1H3,(H,18,19)(H,15,16,17). The molecule has 0 aliphatic rings. The van der Waals surface area contributed by atoms with Crippen molar-refractivity contribution in [3.8, 4) is 17.1 Å². The summed E-state index contributed by atoms with van der Waals surface area (Å²) >= 11 is 0. The molecule has 2 aromatic rings. The molecule has 0 saturated heterocycles. The number of carboxylic acids is 1. The minimum Gasteiger partial charge on any atom is -0.494 e. The van der Waals surface area contributed by atoms with Crippen molar-refractivity contribution in [2.75, 3.05) is 6.61 Å². The molecular formula is C14H14N2O4. The number of nitrogens with zero attached hydrogens (tertiary/aromatic N) is 1. The highest BCUT2D eigenvalue weighted by atomic mass is 16.5. The van der Waals surface area contributed by atoms with E-state index in [1.54, 1.807) is 24.3 Å². The fraction of sp³-hybridized carbons (Fsp3) is 0.214. The van der Waals surface area contributed by atoms with Gasteiger partial charge in [0.2, 0.25) is 0 Å². The Labute approximate surface area is 115 Å². The first-order valence-corrected chi connectivity index (χ1v) is 6.17. The molecule has 6 nitrogen and oxygen atoms in total. The highest BCUT2D eigenvalue weighted by Crippen LogP contribution is 2.18. The van der Waals surface area contributed by atoms with E-state index in [4.69, 9.17) is 9.84 Å². The zero-order chi connectivity index (χ0) is 14.5. The van der Waals surface area contributed by atoms with Crippen molar-refractivity contribution in [3.63, 3.8) is 0 Å². The maximum atomic E-state index is 11.6. The molecule has 0 amide bonds. The normalized spacial score (nSPS) is 10.2. The molecule has 0 unspecified atom stereocenters. The first-order valence-electron chi connectivity index (χ1n) is 6.17. The number of hydrogen-bond acceptors (Lipinski definition) is 4. The van der Waals surface area contributed by atoms with E-state index in [1.165, 1.54) is 0 Å². The second kappa shape index (κ2) is 6.01. The number of carboxylic acid groups (broad SMARTS) is 1. The van der Waals surface area contributed by atoms with Crippen LogP contribution in [-0.4, -0.2) is 27.7 Å². The molecule has 1 aromatic carbocycles. The van der Waals surface area contributed by atoms with Gasteiger partial charge in [0.05, 0.1) is 6.61 Å². The average Bonchev–Trinajstić information content (AvgIpc) is 2.45. The molecule has 0 bridgehead atoms. The second-order valence-electron chi connectivity index (χ2n) is 4.15. The van der Waals surface area contributed by atoms with Crippen molar-refractivity contribution >= 4 is 5.97 Å². The van der Waals surface area contributed by atoms with E-state index >= 15 is 0 Å². The largest absolute Gasteiger partial charge is 0.494 e. The van der Waals surface area contributed by atoms with Crippen molar-refractivity contribution in [1.29, 1.82) is 0 Å². The van der Waals surface area contributed by atoms with E-state index in [0.29, 0.717) is 18.0 Å². The molecule has 2 N–H and O–H groups in total. The van der Waals surface area contributed by atoms with Crippen LogP contribution in [0.3, 0.4) is 0 Å². The van der Waals surface area contributed by atoms with E-state index < -0.39 is 11.5 Å². The summed E-state index contributed by atoms with van der Waals surface area (Å²) in [6, 6.07) is 7.06. The zero-order valence-corrected chi connectivity index (χ0v) is 10.9. The van der Waals surface area contributed by atoms with Gasteiger partial charge in [-0.2, -0.15) is 0 Å². The number of aromatic nitrogens is 2. The number of ether oxygens (including phenoxy) is 1. The minimum atomic E-state index is -1.30. The summed E-state index contributed by atoms with van der Waals surface area (Å²) in [6.45, 7) is 2.66. The van der Waals surface area contributed by atoms with Crippen LogP contribution in [0.2, 0.25) is 0 Å². The lowest BCUT2D eigenvalue weighted by molar-refractivity contribution is 0.0694. The Balaban J connectivity index is 2.26. The first-order chi connectivity index (χ1) is 9.61. The van der Waals surface area contributed by atoms with Crippen molar-refractivity contribution in [3.05, 3.63) is 46.4 Å². The van der Waals surface area contributed by atoms with Crippen molar-refractivity contribution in [2.24, 2.45) is 0 Å². The SMILES string of the molecule is CCCOc1ccc(-c2ncc(C(=O)O)c(=O)[nH]2)cc1. The number of carbonyl (C=O) groups is 1. The molecule has 0 radical (unpaired) electrons. The van der Waals surface area contributed by atoms with Crippen LogP contribution >= 0.6 is 0 Å². The number of nitrogens with one attached hydrogen (secondary N) is 1. The molecule has 0 atom stereocenters. The zero-order valence-electron chi connectivity index (χ0n) is 10.9. The molecule has 20 heavy (non-hydrogen) atoms. The third-order valence-electron chi connectivity index (χ3n) is 2.63. The van der Waals surface area contributed by atoms with Crippen LogP contribution in [0.5, 0.6) is 5.75 Å². The predicted octanol–water partition coefficient (Wildman–Crippen LogP) is 1.92. The van der Waals surface area contributed by atoms with Crippen molar-refractivity contribution < 1.29 is 14.6 Å². The van der Waals surface area contributed by atoms with E-state index in [2.05, 4.69) is 9.97 Å². The molecular weight excluding hydrogens is 260 g/mol. The summed E-state index contributed by atoms with van der Waals surface area (Å²) in [5.41, 5.74) is -0.367. The summed E-state index contributed by atoms with van der Waals surface area (Å²) in [5.74, 6) is -0.240. The number of benzene rings is 1. The smallest absolute Gasteiger partial charge is 0.342 e. The third-order valence-corrected chi connectivity index (χ3v) is 2.63. The molecule has 2 rings (SSSR count). The van der Waals surface area contributed by atoms with E-state index in [0.717, 1.165) is 18.4 Å². The maximum absolute atomic E-state index is 11.6. The highest BCUT2D eigenvalue weighted by Gasteiger charge is 2.10. The highest BCUT2D eigenvalue weighted by molar-refractivity contribution is 5.86. The molecule has 0 aliphatic carbocycles. The number of aromatic amines is 1. The molecule has 0 aliphatic heterocycles. The lowest BCUT2D eigenvalue weighted by Crippen LogP contribution is -2.18. The van der Waals surface area contributed by atoms with Crippen LogP contribution in [0, 0.1) is 0 Å². The van der Waals surface area contributed by atoms with E-state index in [1.807, 2.05) is 6.92 Å². The topological polar surface area (TPSA) is 92.3 Å². The van der Waals surface area contributed by atoms with Crippen LogP contribution < -0.4 is 10.3 Å². The fourth-order valence-corrected chi connectivity index (χ4v) is 1.62. The van der Waals surface area contributed by atoms with Crippen LogP contribution in [-0.2, 0) is 0 Å². The maximum Gasteiger partial charge on any atom is 0.342 e. The molecule has 0 saturated carbocycles. The third kappa shape index (κ3) is 3.03. The Bertz CT molecular complexity index is 662. The number of rotatable bonds is 5. The van der Waals surface area contributed by atoms with Gasteiger partial charge in [-0.25, -0.2) is 9.78 Å². The van der Waals surface area contributed by atoms with Gasteiger partial charge in [-0.1, -0.05) is 6.92 Å². The van der Waals surface area contributed by atoms with Crippen LogP contribution in [0.1, 0.15) is 23.7 Å². The summed E-state index contributed by atoms with van der Waals surface area (Å²) in [4.78, 5) is 28.7. The van der Waals surface area contributed by atoms with Crippen LogP contribution in [0.4, 0.5) is 0 Å². The van der Waals surface area contributed by atoms with Gasteiger partial charge in [-0.3, -0.25) is 4.79 Å². The molecule has 1 aromatic heterocycles. The summed E-state index contributed by atoms with van der Waals surface area (Å²) in [7, 11) is 0. The first kappa shape index (κ1) is 13.8. The van der Waals surface area contributed by atoms with Crippen molar-refractivity contribution in [2.45, 2.75) is 13.3 Å². The van der Waals surface area contributed by atoms with Crippen LogP contribution in [0.15, 0.2) is 35.3 Å². The minimum absolute atomic E-state index is 0.321. The Hall–Kier alpha value is -2.63. The van der Waals surface area contributed by atoms with Gasteiger partial charge in [-0.05, 0) is 30.7 Å². The quantitative estimate of drug-likeness (QED) is 0.869. The second-order valence-corrected chi connectivity index (χ2v) is 4.15. The van der Waals surface area contributed by atoms with E-state index in [-0.39, 0.29) is 5.56 Å². The summed E-state index contributed by atoms with van der Waals surface area (Å²) < 4.78 is 5.45. The molecule has 0 spiro atoms.